The van der Waals surface area contributed by atoms with Crippen LogP contribution in [0.5, 0.6) is 0 Å². The van der Waals surface area contributed by atoms with Gasteiger partial charge in [0.1, 0.15) is 0 Å². The van der Waals surface area contributed by atoms with Crippen molar-refractivity contribution in [3.63, 3.8) is 0 Å². The molecule has 0 atom stereocenters. The molecule has 0 aromatic rings. The van der Waals surface area contributed by atoms with Crippen LogP contribution < -0.4 is 69.3 Å². The van der Waals surface area contributed by atoms with Crippen molar-refractivity contribution in [2.45, 2.75) is 187 Å². The number of carboxylic acids is 27. The van der Waals surface area contributed by atoms with Gasteiger partial charge in [0.25, 0.3) is 149 Å². The summed E-state index contributed by atoms with van der Waals surface area (Å²) >= 11 is 0. The molecule has 0 aliphatic rings. The van der Waals surface area contributed by atoms with Crippen molar-refractivity contribution in [2.75, 3.05) is 0 Å². The van der Waals surface area contributed by atoms with Crippen LogP contribution in [0.15, 0.2) is 0 Å². The summed E-state index contributed by atoms with van der Waals surface area (Å²) in [5, 5.41) is 203. The first-order valence-electron chi connectivity index (χ1n) is 25.0. The van der Waals surface area contributed by atoms with Crippen molar-refractivity contribution < 1.29 is 326 Å². The van der Waals surface area contributed by atoms with Gasteiger partial charge in [-0.2, -0.15) is 0 Å². The Morgan fingerprint density at radius 2 is 0.109 bits per heavy atom. The number of hydrogen-bond donors (Lipinski definition) is 25. The quantitative estimate of drug-likeness (QED) is 0.100. The molecule has 0 aromatic carbocycles. The number of hydrogen-bond acceptors (Lipinski definition) is 29. The molecule has 0 heterocycles. The van der Waals surface area contributed by atoms with E-state index >= 15 is 0 Å². The van der Waals surface area contributed by atoms with Crippen LogP contribution in [0.25, 0.3) is 0 Å². The predicted molar refractivity (Wildman–Crippen MR) is 354 cm³/mol. The molecule has 0 spiro atoms. The van der Waals surface area contributed by atoms with Crippen molar-refractivity contribution in [3.05, 3.63) is 0 Å². The Hall–Kier alpha value is -12.3. The van der Waals surface area contributed by atoms with Gasteiger partial charge in [-0.25, -0.2) is 0 Å². The van der Waals surface area contributed by atoms with Crippen LogP contribution in [0.2, 0.25) is 0 Å². The smallest absolute Gasteiger partial charge is 0.550 e. The van der Waals surface area contributed by atoms with Gasteiger partial charge in [0.2, 0.25) is 0 Å². The van der Waals surface area contributed by atoms with Crippen LogP contribution in [0.4, 0.5) is 0 Å². The van der Waals surface area contributed by atoms with Crippen molar-refractivity contribution >= 4 is 161 Å². The second-order valence-corrected chi connectivity index (χ2v) is 14.0. The summed E-state index contributed by atoms with van der Waals surface area (Å²) in [6, 6.07) is 0. The Kier molecular flexibility index (Phi) is 330. The maximum absolute atomic E-state index is 9.00. The number of carbonyl (C=O) groups is 27. The van der Waals surface area contributed by atoms with Crippen LogP contribution in [0.1, 0.15) is 187 Å². The molecule has 0 aliphatic heterocycles. The number of aliphatic carboxylic acids is 27. The van der Waals surface area contributed by atoms with Crippen molar-refractivity contribution in [1.29, 1.82) is 0 Å². The Morgan fingerprint density at radius 3 is 0.109 bits per heavy atom. The van der Waals surface area contributed by atoms with Gasteiger partial charge in [-0.05, 0) is 13.8 Å². The Balaban J connectivity index is -0.0000000229. The molecule has 0 bridgehead atoms. The molecule has 25 N–H and O–H groups in total. The van der Waals surface area contributed by atoms with E-state index in [4.69, 9.17) is 267 Å². The maximum Gasteiger partial charge on any atom is 1.00 e. The van der Waals surface area contributed by atoms with E-state index in [9.17, 15) is 0 Å². The van der Waals surface area contributed by atoms with Crippen molar-refractivity contribution in [1.82, 2.24) is 0 Å². The molecule has 0 amide bonds. The molecule has 0 saturated carbocycles. The molecule has 0 rings (SSSR count). The third-order valence-electron chi connectivity index (χ3n) is 0. The summed E-state index contributed by atoms with van der Waals surface area (Å²) in [6.45, 7) is 29.0. The first-order chi connectivity index (χ1) is 46.8. The summed E-state index contributed by atoms with van der Waals surface area (Å²) in [4.78, 5) is 243. The zero-order chi connectivity index (χ0) is 96.6. The van der Waals surface area contributed by atoms with Crippen LogP contribution in [-0.4, -0.2) is 289 Å². The summed E-state index contributed by atoms with van der Waals surface area (Å²) in [5.74, 6) is -23.0. The number of rotatable bonds is 0. The van der Waals surface area contributed by atoms with Gasteiger partial charge in [-0.1, -0.05) is 0 Å². The zero-order valence-electron chi connectivity index (χ0n) is 65.5. The fourth-order valence-electron chi connectivity index (χ4n) is 0. The maximum atomic E-state index is 9.00. The molecule has 0 aromatic heterocycles. The van der Waals surface area contributed by atoms with Gasteiger partial charge < -0.3 is 147 Å². The molecule has 54 nitrogen and oxygen atoms in total. The summed E-state index contributed by atoms with van der Waals surface area (Å²) in [6.07, 6.45) is 0. The van der Waals surface area contributed by atoms with E-state index in [-0.39, 0.29) is 59.1 Å². The normalized spacial score (nSPS) is 6.14. The van der Waals surface area contributed by atoms with E-state index in [1.54, 1.807) is 0 Å². The van der Waals surface area contributed by atoms with Crippen LogP contribution in [0, 0.1) is 0 Å². The van der Waals surface area contributed by atoms with Gasteiger partial charge in [0.05, 0.1) is 0 Å². The largest absolute Gasteiger partial charge is 1.00 e. The van der Waals surface area contributed by atoms with Gasteiger partial charge in [0, 0.05) is 185 Å². The van der Waals surface area contributed by atoms with E-state index < -0.39 is 161 Å². The molecule has 0 saturated heterocycles. The van der Waals surface area contributed by atoms with Gasteiger partial charge in [-0.3, -0.25) is 120 Å². The summed E-state index contributed by atoms with van der Waals surface area (Å²) < 4.78 is 0. The fourth-order valence-corrected chi connectivity index (χ4v) is 0. The Labute approximate surface area is 671 Å². The molecule has 648 valence electrons. The first-order valence-corrected chi connectivity index (χ1v) is 25.0. The van der Waals surface area contributed by atoms with Crippen molar-refractivity contribution in [2.24, 2.45) is 0 Å². The fraction of sp³-hybridized carbons (Fsp3) is 0.500. The van der Waals surface area contributed by atoms with E-state index in [1.807, 2.05) is 0 Å². The second-order valence-electron chi connectivity index (χ2n) is 14.0. The topological polar surface area (TPSA) is 1010 Å². The van der Waals surface area contributed by atoms with E-state index in [1.165, 1.54) is 0 Å². The second kappa shape index (κ2) is 188. The van der Waals surface area contributed by atoms with E-state index in [0.29, 0.717) is 0 Å². The third kappa shape index (κ3) is 5660. The van der Waals surface area contributed by atoms with E-state index in [2.05, 4.69) is 0 Å². The minimum absolute atomic E-state index is 0. The third-order valence-corrected chi connectivity index (χ3v) is 0. The molecular weight excluding hydrogens is 1560 g/mol. The van der Waals surface area contributed by atoms with E-state index in [0.717, 1.165) is 187 Å². The minimum atomic E-state index is -1.08. The number of carbonyl (C=O) groups excluding carboxylic acids is 2. The minimum Gasteiger partial charge on any atom is -0.550 e. The van der Waals surface area contributed by atoms with Crippen LogP contribution in [-0.2, 0) is 129 Å². The average Bonchev–Trinajstić information content (AvgIpc) is 3.21. The monoisotopic (exact) mass is 1660 g/mol. The molecule has 0 unspecified atom stereocenters. The molecular formula is C54H106Na2O54. The number of carboxylic acid groups (broad SMARTS) is 27. The van der Waals surface area contributed by atoms with Crippen molar-refractivity contribution in [3.8, 4) is 0 Å². The Bertz CT molecular complexity index is 1510. The molecule has 0 fully saturated rings. The summed E-state index contributed by atoms with van der Waals surface area (Å²) in [7, 11) is 0. The van der Waals surface area contributed by atoms with Crippen LogP contribution >= 0.6 is 0 Å². The summed E-state index contributed by atoms with van der Waals surface area (Å²) in [5.41, 5.74) is 0. The predicted octanol–water partition coefficient (Wildman–Crippen LogP) is -6.21. The van der Waals surface area contributed by atoms with Gasteiger partial charge in [0.15, 0.2) is 0 Å². The first kappa shape index (κ1) is 194. The molecule has 0 radical (unpaired) electrons. The van der Waals surface area contributed by atoms with Gasteiger partial charge in [-0.15, -0.1) is 0 Å². The van der Waals surface area contributed by atoms with Gasteiger partial charge >= 0.3 is 59.1 Å². The molecule has 56 heteroatoms. The Morgan fingerprint density at radius 1 is 0.109 bits per heavy atom. The zero-order valence-corrected chi connectivity index (χ0v) is 69.5. The SMILES string of the molecule is CC(=O)O.CC(=O)O.CC(=O)O.CC(=O)O.CC(=O)O.CC(=O)O.CC(=O)O.CC(=O)O.CC(=O)O.CC(=O)O.CC(=O)O.CC(=O)O.CC(=O)O.CC(=O)O.CC(=O)O.CC(=O)O.CC(=O)O.CC(=O)O.CC(=O)O.CC(=O)O.CC(=O)O.CC(=O)O.CC(=O)O.CC(=O)O.CC(=O)O.CC(=O)[O-].CC(=O)[O-].[Na+].[Na+]. The van der Waals surface area contributed by atoms with Crippen LogP contribution in [0.3, 0.4) is 0 Å². The molecule has 0 aliphatic carbocycles. The standard InChI is InChI=1S/27C2H4O2.2Na/c27*1-2(3)4;;/h27*1H3,(H,3,4);;/q;;;;;;;;;;;;;;;;;;;;;;;;;;;2*+1/p-2. The average molecular weight is 1670 g/mol. The molecule has 110 heavy (non-hydrogen) atoms.